The topological polar surface area (TPSA) is 38.5 Å². The summed E-state index contributed by atoms with van der Waals surface area (Å²) < 4.78 is 5.32. The van der Waals surface area contributed by atoms with Crippen LogP contribution in [0.1, 0.15) is 13.3 Å². The Kier molecular flexibility index (Phi) is 4.58. The summed E-state index contributed by atoms with van der Waals surface area (Å²) >= 11 is 0. The van der Waals surface area contributed by atoms with Gasteiger partial charge >= 0.3 is 0 Å². The van der Waals surface area contributed by atoms with Gasteiger partial charge < -0.3 is 15.4 Å². The number of hydrogen-bond acceptors (Lipinski definition) is 3. The Labute approximate surface area is 74.9 Å². The minimum Gasteiger partial charge on any atom is -0.381 e. The van der Waals surface area contributed by atoms with Crippen LogP contribution in [-0.2, 0) is 4.74 Å². The Hall–Kier alpha value is -0.120. The molecule has 1 rings (SSSR count). The molecule has 0 bridgehead atoms. The first-order valence-corrected chi connectivity index (χ1v) is 4.87. The first-order chi connectivity index (χ1) is 5.86. The molecule has 1 aliphatic heterocycles. The van der Waals surface area contributed by atoms with Crippen LogP contribution in [0.3, 0.4) is 0 Å². The molecule has 1 saturated heterocycles. The molecule has 1 fully saturated rings. The highest BCUT2D eigenvalue weighted by Crippen LogP contribution is 2.13. The molecule has 1 atom stereocenters. The molecule has 0 aliphatic carbocycles. The van der Waals surface area contributed by atoms with Gasteiger partial charge in [0, 0.05) is 26.2 Å². The lowest BCUT2D eigenvalue weighted by molar-refractivity contribution is 0.170. The van der Waals surface area contributed by atoms with Gasteiger partial charge in [-0.1, -0.05) is 6.92 Å². The molecular weight excluding hydrogens is 152 g/mol. The summed E-state index contributed by atoms with van der Waals surface area (Å²) in [6, 6.07) is 0. The van der Waals surface area contributed by atoms with E-state index < -0.39 is 0 Å². The van der Waals surface area contributed by atoms with Gasteiger partial charge in [0.1, 0.15) is 0 Å². The fourth-order valence-electron chi connectivity index (χ4n) is 1.65. The molecule has 2 N–H and O–H groups in total. The van der Waals surface area contributed by atoms with E-state index in [9.17, 15) is 0 Å². The zero-order chi connectivity index (χ0) is 8.81. The molecule has 72 valence electrons. The summed E-state index contributed by atoms with van der Waals surface area (Å²) in [4.78, 5) is 2.40. The molecule has 1 unspecified atom stereocenters. The van der Waals surface area contributed by atoms with Gasteiger partial charge in [-0.05, 0) is 18.9 Å². The van der Waals surface area contributed by atoms with E-state index in [2.05, 4.69) is 11.8 Å². The number of likely N-dealkylation sites (N-methyl/N-ethyl adjacent to an activating group) is 1. The maximum atomic E-state index is 5.51. The van der Waals surface area contributed by atoms with Gasteiger partial charge in [-0.2, -0.15) is 0 Å². The molecule has 0 aromatic rings. The van der Waals surface area contributed by atoms with Crippen molar-refractivity contribution in [1.29, 1.82) is 0 Å². The van der Waals surface area contributed by atoms with Crippen molar-refractivity contribution in [1.82, 2.24) is 4.90 Å². The van der Waals surface area contributed by atoms with Crippen LogP contribution < -0.4 is 5.73 Å². The van der Waals surface area contributed by atoms with Crippen molar-refractivity contribution in [2.75, 3.05) is 39.4 Å². The van der Waals surface area contributed by atoms with Gasteiger partial charge in [-0.3, -0.25) is 0 Å². The van der Waals surface area contributed by atoms with Gasteiger partial charge in [-0.25, -0.2) is 0 Å². The van der Waals surface area contributed by atoms with Crippen LogP contribution in [0.2, 0.25) is 0 Å². The molecule has 0 aromatic carbocycles. The van der Waals surface area contributed by atoms with E-state index in [0.29, 0.717) is 0 Å². The fourth-order valence-corrected chi connectivity index (χ4v) is 1.65. The molecular formula is C9H20N2O. The largest absolute Gasteiger partial charge is 0.381 e. The van der Waals surface area contributed by atoms with Crippen molar-refractivity contribution in [2.45, 2.75) is 13.3 Å². The highest BCUT2D eigenvalue weighted by atomic mass is 16.5. The van der Waals surface area contributed by atoms with E-state index in [-0.39, 0.29) is 0 Å². The van der Waals surface area contributed by atoms with Gasteiger partial charge in [-0.15, -0.1) is 0 Å². The van der Waals surface area contributed by atoms with Crippen LogP contribution in [0.25, 0.3) is 0 Å². The third-order valence-corrected chi connectivity index (χ3v) is 2.43. The van der Waals surface area contributed by atoms with Crippen LogP contribution in [0.4, 0.5) is 0 Å². The summed E-state index contributed by atoms with van der Waals surface area (Å²) in [6.07, 6.45) is 1.22. The SMILES string of the molecule is CCN(CCN)CC1CCOC1. The summed E-state index contributed by atoms with van der Waals surface area (Å²) in [5.74, 6) is 0.747. The predicted octanol–water partition coefficient (Wildman–Crippen LogP) is 0.303. The zero-order valence-corrected chi connectivity index (χ0v) is 7.96. The Balaban J connectivity index is 2.16. The Morgan fingerprint density at radius 1 is 1.58 bits per heavy atom. The van der Waals surface area contributed by atoms with Crippen molar-refractivity contribution in [3.63, 3.8) is 0 Å². The lowest BCUT2D eigenvalue weighted by atomic mass is 10.1. The van der Waals surface area contributed by atoms with Crippen molar-refractivity contribution in [3.05, 3.63) is 0 Å². The van der Waals surface area contributed by atoms with E-state index >= 15 is 0 Å². The molecule has 12 heavy (non-hydrogen) atoms. The van der Waals surface area contributed by atoms with Crippen LogP contribution in [-0.4, -0.2) is 44.3 Å². The molecule has 0 aromatic heterocycles. The number of rotatable bonds is 5. The van der Waals surface area contributed by atoms with Crippen LogP contribution >= 0.6 is 0 Å². The Bertz CT molecular complexity index is 113. The molecule has 1 aliphatic rings. The standard InChI is InChI=1S/C9H20N2O/c1-2-11(5-4-10)7-9-3-6-12-8-9/h9H,2-8,10H2,1H3. The van der Waals surface area contributed by atoms with E-state index in [1.807, 2.05) is 0 Å². The average molecular weight is 172 g/mol. The van der Waals surface area contributed by atoms with Gasteiger partial charge in [0.05, 0.1) is 6.61 Å². The lowest BCUT2D eigenvalue weighted by Gasteiger charge is -2.22. The van der Waals surface area contributed by atoms with Gasteiger partial charge in [0.2, 0.25) is 0 Å². The van der Waals surface area contributed by atoms with Gasteiger partial charge in [0.15, 0.2) is 0 Å². The van der Waals surface area contributed by atoms with Crippen molar-refractivity contribution in [3.8, 4) is 0 Å². The summed E-state index contributed by atoms with van der Waals surface area (Å²) in [7, 11) is 0. The smallest absolute Gasteiger partial charge is 0.0507 e. The number of ether oxygens (including phenoxy) is 1. The highest BCUT2D eigenvalue weighted by molar-refractivity contribution is 4.69. The quantitative estimate of drug-likeness (QED) is 0.648. The van der Waals surface area contributed by atoms with Crippen LogP contribution in [0.5, 0.6) is 0 Å². The Morgan fingerprint density at radius 2 is 2.42 bits per heavy atom. The van der Waals surface area contributed by atoms with Crippen molar-refractivity contribution >= 4 is 0 Å². The van der Waals surface area contributed by atoms with E-state index in [1.54, 1.807) is 0 Å². The third kappa shape index (κ3) is 3.09. The summed E-state index contributed by atoms with van der Waals surface area (Å²) in [5.41, 5.74) is 5.51. The monoisotopic (exact) mass is 172 g/mol. The first-order valence-electron chi connectivity index (χ1n) is 4.87. The van der Waals surface area contributed by atoms with E-state index in [1.165, 1.54) is 6.42 Å². The second-order valence-corrected chi connectivity index (χ2v) is 3.41. The maximum absolute atomic E-state index is 5.51. The minimum atomic E-state index is 0.747. The summed E-state index contributed by atoms with van der Waals surface area (Å²) in [5, 5.41) is 0. The molecule has 3 nitrogen and oxygen atoms in total. The molecule has 0 radical (unpaired) electrons. The maximum Gasteiger partial charge on any atom is 0.0507 e. The Morgan fingerprint density at radius 3 is 2.92 bits per heavy atom. The fraction of sp³-hybridized carbons (Fsp3) is 1.00. The highest BCUT2D eigenvalue weighted by Gasteiger charge is 2.17. The summed E-state index contributed by atoms with van der Waals surface area (Å²) in [6.45, 7) is 8.13. The predicted molar refractivity (Wildman–Crippen MR) is 50.1 cm³/mol. The van der Waals surface area contributed by atoms with Crippen molar-refractivity contribution in [2.24, 2.45) is 11.7 Å². The second kappa shape index (κ2) is 5.51. The molecule has 3 heteroatoms. The van der Waals surface area contributed by atoms with Crippen LogP contribution in [0.15, 0.2) is 0 Å². The number of nitrogens with zero attached hydrogens (tertiary/aromatic N) is 1. The minimum absolute atomic E-state index is 0.747. The zero-order valence-electron chi connectivity index (χ0n) is 7.96. The lowest BCUT2D eigenvalue weighted by Crippen LogP contribution is -2.33. The molecule has 0 spiro atoms. The van der Waals surface area contributed by atoms with Crippen LogP contribution in [0, 0.1) is 5.92 Å². The molecule has 1 heterocycles. The number of nitrogens with two attached hydrogens (primary N) is 1. The number of hydrogen-bond donors (Lipinski definition) is 1. The second-order valence-electron chi connectivity index (χ2n) is 3.41. The average Bonchev–Trinajstić information content (AvgIpc) is 2.56. The van der Waals surface area contributed by atoms with E-state index in [0.717, 1.165) is 45.3 Å². The van der Waals surface area contributed by atoms with Gasteiger partial charge in [0.25, 0.3) is 0 Å². The van der Waals surface area contributed by atoms with Crippen molar-refractivity contribution < 1.29 is 4.74 Å². The molecule has 0 saturated carbocycles. The first kappa shape index (κ1) is 9.96. The van der Waals surface area contributed by atoms with E-state index in [4.69, 9.17) is 10.5 Å². The molecule has 0 amide bonds. The third-order valence-electron chi connectivity index (χ3n) is 2.43. The normalized spacial score (nSPS) is 23.8.